The molecule has 3 amide bonds. The number of benzene rings is 3. The number of amides is 3. The first-order valence-electron chi connectivity index (χ1n) is 10.6. The molecule has 0 saturated carbocycles. The average molecular weight is 488 g/mol. The lowest BCUT2D eigenvalue weighted by atomic mass is 10.1. The molecule has 0 spiro atoms. The number of hydrogen-bond acceptors (Lipinski definition) is 6. The van der Waals surface area contributed by atoms with Crippen LogP contribution in [0.5, 0.6) is 11.5 Å². The summed E-state index contributed by atoms with van der Waals surface area (Å²) >= 11 is 5.22. The number of methoxy groups -OCH3 is 1. The Kier molecular flexibility index (Phi) is 7.18. The zero-order valence-electron chi connectivity index (χ0n) is 18.7. The van der Waals surface area contributed by atoms with Gasteiger partial charge < -0.3 is 14.8 Å². The summed E-state index contributed by atoms with van der Waals surface area (Å²) in [5.74, 6) is -0.725. The van der Waals surface area contributed by atoms with E-state index in [-0.39, 0.29) is 17.3 Å². The van der Waals surface area contributed by atoms with Crippen molar-refractivity contribution in [3.8, 4) is 11.5 Å². The lowest BCUT2D eigenvalue weighted by molar-refractivity contribution is -0.122. The van der Waals surface area contributed by atoms with Gasteiger partial charge >= 0.3 is 0 Å². The van der Waals surface area contributed by atoms with Crippen LogP contribution in [-0.2, 0) is 14.4 Å². The van der Waals surface area contributed by atoms with Crippen LogP contribution in [0.2, 0.25) is 0 Å². The lowest BCUT2D eigenvalue weighted by Crippen LogP contribution is -2.54. The van der Waals surface area contributed by atoms with Crippen LogP contribution in [-0.4, -0.2) is 36.6 Å². The summed E-state index contributed by atoms with van der Waals surface area (Å²) in [5.41, 5.74) is 1.39. The minimum Gasteiger partial charge on any atom is -0.495 e. The molecule has 0 bridgehead atoms. The van der Waals surface area contributed by atoms with Gasteiger partial charge in [0.1, 0.15) is 17.1 Å². The first-order valence-corrected chi connectivity index (χ1v) is 11.0. The van der Waals surface area contributed by atoms with Gasteiger partial charge in [0.25, 0.3) is 17.7 Å². The summed E-state index contributed by atoms with van der Waals surface area (Å²) in [5, 5.41) is 5.28. The minimum atomic E-state index is -0.615. The molecule has 2 N–H and O–H groups in total. The molecule has 0 aromatic heterocycles. The zero-order valence-corrected chi connectivity index (χ0v) is 19.5. The van der Waals surface area contributed by atoms with Gasteiger partial charge in [-0.2, -0.15) is 0 Å². The van der Waals surface area contributed by atoms with Gasteiger partial charge in [-0.25, -0.2) is 0 Å². The molecular weight excluding hydrogens is 466 g/mol. The molecule has 3 aromatic carbocycles. The van der Waals surface area contributed by atoms with Gasteiger partial charge in [0.05, 0.1) is 18.5 Å². The number of anilines is 2. The van der Waals surface area contributed by atoms with Crippen molar-refractivity contribution in [2.45, 2.75) is 0 Å². The van der Waals surface area contributed by atoms with Crippen molar-refractivity contribution in [2.24, 2.45) is 0 Å². The number of nitrogens with zero attached hydrogens (tertiary/aromatic N) is 1. The SMILES string of the molecule is COc1ccccc1NC(=O)COc1ccccc1/C=C1/C(=O)NC(=S)N(c2ccccc2)C1=O. The number of hydrogen-bond donors (Lipinski definition) is 2. The molecule has 1 saturated heterocycles. The fraction of sp³-hybridized carbons (Fsp3) is 0.0769. The van der Waals surface area contributed by atoms with E-state index in [9.17, 15) is 14.4 Å². The molecule has 1 heterocycles. The van der Waals surface area contributed by atoms with Crippen LogP contribution in [0.3, 0.4) is 0 Å². The van der Waals surface area contributed by atoms with Crippen molar-refractivity contribution in [1.82, 2.24) is 5.32 Å². The maximum Gasteiger partial charge on any atom is 0.270 e. The summed E-state index contributed by atoms with van der Waals surface area (Å²) in [6, 6.07) is 22.6. The van der Waals surface area contributed by atoms with Crippen LogP contribution < -0.4 is 25.0 Å². The maximum atomic E-state index is 13.2. The van der Waals surface area contributed by atoms with Crippen LogP contribution in [0.1, 0.15) is 5.56 Å². The van der Waals surface area contributed by atoms with Crippen molar-refractivity contribution in [3.63, 3.8) is 0 Å². The van der Waals surface area contributed by atoms with Gasteiger partial charge in [-0.1, -0.05) is 48.5 Å². The molecule has 1 aliphatic rings. The average Bonchev–Trinajstić information content (AvgIpc) is 2.86. The van der Waals surface area contributed by atoms with Gasteiger partial charge in [0.2, 0.25) is 0 Å². The number of carbonyl (C=O) groups is 3. The van der Waals surface area contributed by atoms with E-state index < -0.39 is 17.7 Å². The molecule has 4 rings (SSSR count). The second-order valence-corrected chi connectivity index (χ2v) is 7.76. The van der Waals surface area contributed by atoms with E-state index in [4.69, 9.17) is 21.7 Å². The highest BCUT2D eigenvalue weighted by molar-refractivity contribution is 7.80. The van der Waals surface area contributed by atoms with Gasteiger partial charge in [0, 0.05) is 5.56 Å². The van der Waals surface area contributed by atoms with Gasteiger partial charge in [-0.3, -0.25) is 24.6 Å². The van der Waals surface area contributed by atoms with E-state index in [1.807, 2.05) is 6.07 Å². The number of nitrogens with one attached hydrogen (secondary N) is 2. The molecular formula is C26H21N3O5S. The van der Waals surface area contributed by atoms with Crippen LogP contribution in [0, 0.1) is 0 Å². The molecule has 0 aliphatic carbocycles. The van der Waals surface area contributed by atoms with Gasteiger partial charge in [0.15, 0.2) is 11.7 Å². The standard InChI is InChI=1S/C26H21N3O5S/c1-33-22-14-8-6-12-20(22)27-23(30)16-34-21-13-7-5-9-17(21)15-19-24(31)28-26(35)29(25(19)32)18-10-3-2-4-11-18/h2-15H,16H2,1H3,(H,27,30)(H,28,31,35)/b19-15-. The summed E-state index contributed by atoms with van der Waals surface area (Å²) in [6.45, 7) is -0.293. The Labute approximate surface area is 207 Å². The highest BCUT2D eigenvalue weighted by Gasteiger charge is 2.34. The minimum absolute atomic E-state index is 0.000830. The molecule has 9 heteroatoms. The summed E-state index contributed by atoms with van der Waals surface area (Å²) in [6.07, 6.45) is 1.42. The third-order valence-electron chi connectivity index (χ3n) is 5.07. The Morgan fingerprint density at radius 1 is 0.971 bits per heavy atom. The number of carbonyl (C=O) groups excluding carboxylic acids is 3. The third kappa shape index (κ3) is 5.36. The summed E-state index contributed by atoms with van der Waals surface area (Å²) in [4.78, 5) is 39.5. The maximum absolute atomic E-state index is 13.2. The van der Waals surface area contributed by atoms with Gasteiger partial charge in [-0.05, 0) is 48.6 Å². The quantitative estimate of drug-likeness (QED) is 0.301. The highest BCUT2D eigenvalue weighted by Crippen LogP contribution is 2.26. The van der Waals surface area contributed by atoms with Crippen LogP contribution in [0.4, 0.5) is 11.4 Å². The number of para-hydroxylation sites is 4. The van der Waals surface area contributed by atoms with E-state index in [0.717, 1.165) is 0 Å². The first kappa shape index (κ1) is 23.7. The zero-order chi connectivity index (χ0) is 24.8. The predicted molar refractivity (Wildman–Crippen MR) is 136 cm³/mol. The van der Waals surface area contributed by atoms with E-state index in [0.29, 0.717) is 28.4 Å². The molecule has 0 radical (unpaired) electrons. The number of ether oxygens (including phenoxy) is 2. The van der Waals surface area contributed by atoms with Crippen molar-refractivity contribution >= 4 is 52.5 Å². The Balaban J connectivity index is 1.53. The first-order chi connectivity index (χ1) is 17.0. The predicted octanol–water partition coefficient (Wildman–Crippen LogP) is 3.54. The molecule has 3 aromatic rings. The fourth-order valence-corrected chi connectivity index (χ4v) is 3.71. The van der Waals surface area contributed by atoms with Crippen molar-refractivity contribution < 1.29 is 23.9 Å². The largest absolute Gasteiger partial charge is 0.495 e. The molecule has 8 nitrogen and oxygen atoms in total. The highest BCUT2D eigenvalue weighted by atomic mass is 32.1. The van der Waals surface area contributed by atoms with Crippen LogP contribution in [0.25, 0.3) is 6.08 Å². The van der Waals surface area contributed by atoms with E-state index in [1.54, 1.807) is 72.8 Å². The van der Waals surface area contributed by atoms with Crippen molar-refractivity contribution in [3.05, 3.63) is 90.0 Å². The summed E-state index contributed by atoms with van der Waals surface area (Å²) < 4.78 is 10.9. The second kappa shape index (κ2) is 10.6. The van der Waals surface area contributed by atoms with Crippen LogP contribution in [0.15, 0.2) is 84.4 Å². The molecule has 1 fully saturated rings. The molecule has 0 unspecified atom stereocenters. The smallest absolute Gasteiger partial charge is 0.270 e. The van der Waals surface area contributed by atoms with E-state index in [2.05, 4.69) is 10.6 Å². The fourth-order valence-electron chi connectivity index (χ4n) is 3.43. The topological polar surface area (TPSA) is 97.0 Å². The Morgan fingerprint density at radius 3 is 2.37 bits per heavy atom. The number of rotatable bonds is 7. The third-order valence-corrected chi connectivity index (χ3v) is 5.36. The molecule has 35 heavy (non-hydrogen) atoms. The van der Waals surface area contributed by atoms with E-state index >= 15 is 0 Å². The second-order valence-electron chi connectivity index (χ2n) is 7.37. The van der Waals surface area contributed by atoms with Gasteiger partial charge in [-0.15, -0.1) is 0 Å². The number of thiocarbonyl (C=S) groups is 1. The van der Waals surface area contributed by atoms with E-state index in [1.165, 1.54) is 18.1 Å². The lowest BCUT2D eigenvalue weighted by Gasteiger charge is -2.28. The van der Waals surface area contributed by atoms with Crippen molar-refractivity contribution in [2.75, 3.05) is 23.9 Å². The normalized spacial score (nSPS) is 14.5. The molecule has 1 aliphatic heterocycles. The Bertz CT molecular complexity index is 1320. The van der Waals surface area contributed by atoms with Crippen LogP contribution >= 0.6 is 12.2 Å². The summed E-state index contributed by atoms with van der Waals surface area (Å²) in [7, 11) is 1.51. The monoisotopic (exact) mass is 487 g/mol. The van der Waals surface area contributed by atoms with Crippen molar-refractivity contribution in [1.29, 1.82) is 0 Å². The molecule has 0 atom stereocenters. The Hall–Kier alpha value is -4.50. The Morgan fingerprint density at radius 2 is 1.63 bits per heavy atom. The molecule has 176 valence electrons.